The Morgan fingerprint density at radius 2 is 1.15 bits per heavy atom. The summed E-state index contributed by atoms with van der Waals surface area (Å²) in [6.07, 6.45) is 0. The maximum atomic E-state index is 3.41. The van der Waals surface area contributed by atoms with Gasteiger partial charge < -0.3 is 4.98 Å². The predicted molar refractivity (Wildman–Crippen MR) is 60.3 cm³/mol. The molecule has 0 saturated carbocycles. The molecule has 0 radical (unpaired) electrons. The number of rotatable bonds is 2. The second-order valence-electron chi connectivity index (χ2n) is 3.68. The average molecular weight is 181 g/mol. The van der Waals surface area contributed by atoms with Gasteiger partial charge in [0.15, 0.2) is 0 Å². The van der Waals surface area contributed by atoms with Gasteiger partial charge in [-0.3, -0.25) is 0 Å². The lowest BCUT2D eigenvalue weighted by Crippen LogP contribution is -1.90. The normalized spacial score (nSPS) is 10.2. The fourth-order valence-electron chi connectivity index (χ4n) is 1.10. The van der Waals surface area contributed by atoms with Crippen LogP contribution < -0.4 is 0 Å². The highest BCUT2D eigenvalue weighted by Gasteiger charge is 2.04. The zero-order chi connectivity index (χ0) is 10.4. The van der Waals surface area contributed by atoms with Crippen molar-refractivity contribution < 1.29 is 0 Å². The van der Waals surface area contributed by atoms with Gasteiger partial charge in [-0.1, -0.05) is 41.5 Å². The van der Waals surface area contributed by atoms with Crippen LogP contribution in [0, 0.1) is 0 Å². The van der Waals surface area contributed by atoms with Gasteiger partial charge in [0.2, 0.25) is 0 Å². The van der Waals surface area contributed by atoms with E-state index >= 15 is 0 Å². The van der Waals surface area contributed by atoms with Crippen molar-refractivity contribution in [1.82, 2.24) is 4.98 Å². The Labute approximate surface area is 82.6 Å². The first-order chi connectivity index (χ1) is 6.11. The summed E-state index contributed by atoms with van der Waals surface area (Å²) in [5.41, 5.74) is 2.68. The van der Waals surface area contributed by atoms with E-state index in [0.717, 1.165) is 0 Å². The second-order valence-corrected chi connectivity index (χ2v) is 3.68. The molecule has 1 rings (SSSR count). The van der Waals surface area contributed by atoms with Crippen LogP contribution in [-0.2, 0) is 0 Å². The van der Waals surface area contributed by atoms with E-state index in [9.17, 15) is 0 Å². The fraction of sp³-hybridized carbons (Fsp3) is 0.667. The summed E-state index contributed by atoms with van der Waals surface area (Å²) in [6, 6.07) is 4.36. The van der Waals surface area contributed by atoms with E-state index in [0.29, 0.717) is 11.8 Å². The van der Waals surface area contributed by atoms with Crippen LogP contribution in [0.25, 0.3) is 0 Å². The third kappa shape index (κ3) is 3.67. The first-order valence-corrected chi connectivity index (χ1v) is 5.30. The summed E-state index contributed by atoms with van der Waals surface area (Å²) in [5, 5.41) is 0. The summed E-state index contributed by atoms with van der Waals surface area (Å²) < 4.78 is 0. The Bertz CT molecular complexity index is 198. The SMILES string of the molecule is CC.CC(C)c1ccc(C(C)C)[nH]1. The lowest BCUT2D eigenvalue weighted by molar-refractivity contribution is 0.787. The molecule has 0 fully saturated rings. The first-order valence-electron chi connectivity index (χ1n) is 5.30. The molecule has 13 heavy (non-hydrogen) atoms. The number of hydrogen-bond acceptors (Lipinski definition) is 0. The third-order valence-corrected chi connectivity index (χ3v) is 1.98. The Hall–Kier alpha value is -0.720. The van der Waals surface area contributed by atoms with Crippen molar-refractivity contribution in [3.05, 3.63) is 23.5 Å². The van der Waals surface area contributed by atoms with Crippen molar-refractivity contribution in [2.45, 2.75) is 53.4 Å². The molecule has 0 unspecified atom stereocenters. The number of aromatic amines is 1. The zero-order valence-electron chi connectivity index (χ0n) is 9.81. The summed E-state index contributed by atoms with van der Waals surface area (Å²) in [6.45, 7) is 12.8. The molecular formula is C12H23N. The van der Waals surface area contributed by atoms with Crippen LogP contribution in [0.15, 0.2) is 12.1 Å². The minimum Gasteiger partial charge on any atom is -0.362 e. The van der Waals surface area contributed by atoms with Gasteiger partial charge >= 0.3 is 0 Å². The molecular weight excluding hydrogens is 158 g/mol. The summed E-state index contributed by atoms with van der Waals surface area (Å²) in [7, 11) is 0. The third-order valence-electron chi connectivity index (χ3n) is 1.98. The van der Waals surface area contributed by atoms with Gasteiger partial charge in [-0.05, 0) is 24.0 Å². The van der Waals surface area contributed by atoms with Crippen LogP contribution in [0.1, 0.15) is 64.8 Å². The number of nitrogens with one attached hydrogen (secondary N) is 1. The Kier molecular flexibility index (Phi) is 5.52. The van der Waals surface area contributed by atoms with E-state index in [1.54, 1.807) is 0 Å². The largest absolute Gasteiger partial charge is 0.362 e. The molecule has 1 heteroatoms. The Morgan fingerprint density at radius 3 is 1.31 bits per heavy atom. The van der Waals surface area contributed by atoms with Crippen LogP contribution in [0.3, 0.4) is 0 Å². The molecule has 0 amide bonds. The van der Waals surface area contributed by atoms with Gasteiger partial charge in [0, 0.05) is 11.4 Å². The maximum absolute atomic E-state index is 3.41. The molecule has 0 aliphatic rings. The average Bonchev–Trinajstić information content (AvgIpc) is 2.56. The van der Waals surface area contributed by atoms with Crippen molar-refractivity contribution in [3.8, 4) is 0 Å². The molecule has 1 heterocycles. The van der Waals surface area contributed by atoms with Crippen molar-refractivity contribution in [2.24, 2.45) is 0 Å². The molecule has 1 nitrogen and oxygen atoms in total. The van der Waals surface area contributed by atoms with E-state index in [2.05, 4.69) is 44.8 Å². The summed E-state index contributed by atoms with van der Waals surface area (Å²) in [4.78, 5) is 3.41. The van der Waals surface area contributed by atoms with E-state index in [4.69, 9.17) is 0 Å². The minimum absolute atomic E-state index is 0.613. The lowest BCUT2D eigenvalue weighted by atomic mass is 10.1. The smallest absolute Gasteiger partial charge is 0.0175 e. The van der Waals surface area contributed by atoms with E-state index < -0.39 is 0 Å². The fourth-order valence-corrected chi connectivity index (χ4v) is 1.10. The maximum Gasteiger partial charge on any atom is 0.0175 e. The predicted octanol–water partition coefficient (Wildman–Crippen LogP) is 4.29. The van der Waals surface area contributed by atoms with Crippen LogP contribution in [0.2, 0.25) is 0 Å². The highest BCUT2D eigenvalue weighted by Crippen LogP contribution is 2.18. The lowest BCUT2D eigenvalue weighted by Gasteiger charge is -2.02. The molecule has 1 aromatic rings. The van der Waals surface area contributed by atoms with Crippen LogP contribution in [0.5, 0.6) is 0 Å². The molecule has 0 atom stereocenters. The van der Waals surface area contributed by atoms with Crippen LogP contribution in [-0.4, -0.2) is 4.98 Å². The van der Waals surface area contributed by atoms with Gasteiger partial charge in [0.05, 0.1) is 0 Å². The van der Waals surface area contributed by atoms with Crippen LogP contribution >= 0.6 is 0 Å². The standard InChI is InChI=1S/C10H17N.C2H6/c1-7(2)9-5-6-10(11-9)8(3)4;1-2/h5-8,11H,1-4H3;1-2H3. The first kappa shape index (κ1) is 12.3. The van der Waals surface area contributed by atoms with Crippen molar-refractivity contribution >= 4 is 0 Å². The molecule has 0 spiro atoms. The van der Waals surface area contributed by atoms with Crippen molar-refractivity contribution in [1.29, 1.82) is 0 Å². The Morgan fingerprint density at radius 1 is 0.846 bits per heavy atom. The monoisotopic (exact) mass is 181 g/mol. The molecule has 1 aromatic heterocycles. The molecule has 1 N–H and O–H groups in total. The number of H-pyrrole nitrogens is 1. The number of aromatic nitrogens is 1. The topological polar surface area (TPSA) is 15.8 Å². The summed E-state index contributed by atoms with van der Waals surface area (Å²) >= 11 is 0. The van der Waals surface area contributed by atoms with Crippen molar-refractivity contribution in [2.75, 3.05) is 0 Å². The Balaban J connectivity index is 0.000000671. The molecule has 0 aliphatic carbocycles. The van der Waals surface area contributed by atoms with Crippen LogP contribution in [0.4, 0.5) is 0 Å². The molecule has 0 aromatic carbocycles. The van der Waals surface area contributed by atoms with E-state index in [1.807, 2.05) is 13.8 Å². The van der Waals surface area contributed by atoms with E-state index in [1.165, 1.54) is 11.4 Å². The minimum atomic E-state index is 0.613. The summed E-state index contributed by atoms with van der Waals surface area (Å²) in [5.74, 6) is 1.23. The van der Waals surface area contributed by atoms with E-state index in [-0.39, 0.29) is 0 Å². The van der Waals surface area contributed by atoms with Gasteiger partial charge in [0.25, 0.3) is 0 Å². The highest BCUT2D eigenvalue weighted by atomic mass is 14.7. The quantitative estimate of drug-likeness (QED) is 0.700. The van der Waals surface area contributed by atoms with Gasteiger partial charge in [-0.2, -0.15) is 0 Å². The van der Waals surface area contributed by atoms with Gasteiger partial charge in [-0.25, -0.2) is 0 Å². The molecule has 76 valence electrons. The second kappa shape index (κ2) is 5.85. The van der Waals surface area contributed by atoms with Crippen molar-refractivity contribution in [3.63, 3.8) is 0 Å². The van der Waals surface area contributed by atoms with Gasteiger partial charge in [-0.15, -0.1) is 0 Å². The van der Waals surface area contributed by atoms with Gasteiger partial charge in [0.1, 0.15) is 0 Å². The molecule has 0 aliphatic heterocycles. The zero-order valence-corrected chi connectivity index (χ0v) is 9.81. The highest BCUT2D eigenvalue weighted by molar-refractivity contribution is 5.17. The molecule has 0 bridgehead atoms. The molecule has 0 saturated heterocycles. The number of hydrogen-bond donors (Lipinski definition) is 1.